The van der Waals surface area contributed by atoms with Crippen LogP contribution in [0.4, 0.5) is 0 Å². The molecule has 3 heteroatoms. The molecule has 0 spiro atoms. The molecular weight excluding hydrogens is 236 g/mol. The summed E-state index contributed by atoms with van der Waals surface area (Å²) in [6.07, 6.45) is 3.70. The van der Waals surface area contributed by atoms with Gasteiger partial charge in [-0.25, -0.2) is 0 Å². The van der Waals surface area contributed by atoms with Crippen LogP contribution in [0.15, 0.2) is 36.7 Å². The molecule has 0 radical (unpaired) electrons. The Kier molecular flexibility index (Phi) is 3.76. The van der Waals surface area contributed by atoms with Gasteiger partial charge in [-0.3, -0.25) is 4.68 Å². The third-order valence-corrected chi connectivity index (χ3v) is 3.36. The fourth-order valence-corrected chi connectivity index (χ4v) is 2.09. The number of benzene rings is 1. The highest BCUT2D eigenvalue weighted by Gasteiger charge is 2.14. The Labute approximate surface area is 114 Å². The van der Waals surface area contributed by atoms with Gasteiger partial charge in [0.2, 0.25) is 0 Å². The fraction of sp³-hybridized carbons (Fsp3) is 0.438. The zero-order valence-corrected chi connectivity index (χ0v) is 12.1. The van der Waals surface area contributed by atoms with Gasteiger partial charge in [0.1, 0.15) is 0 Å². The largest absolute Gasteiger partial charge is 0.388 e. The molecule has 2 aromatic rings. The molecule has 0 aliphatic rings. The number of aliphatic hydroxyl groups is 1. The molecule has 0 aliphatic carbocycles. The van der Waals surface area contributed by atoms with Gasteiger partial charge in [-0.05, 0) is 16.5 Å². The van der Waals surface area contributed by atoms with E-state index in [9.17, 15) is 5.11 Å². The van der Waals surface area contributed by atoms with Crippen molar-refractivity contribution in [3.8, 4) is 0 Å². The summed E-state index contributed by atoms with van der Waals surface area (Å²) in [7, 11) is 1.86. The number of aliphatic hydroxyl groups excluding tert-OH is 1. The van der Waals surface area contributed by atoms with Gasteiger partial charge in [0.15, 0.2) is 0 Å². The molecule has 0 bridgehead atoms. The predicted octanol–water partition coefficient (Wildman–Crippen LogP) is 2.99. The Balaban J connectivity index is 2.07. The molecule has 3 nitrogen and oxygen atoms in total. The Bertz CT molecular complexity index is 535. The lowest BCUT2D eigenvalue weighted by molar-refractivity contribution is 0.178. The molecule has 0 saturated carbocycles. The second kappa shape index (κ2) is 5.17. The highest BCUT2D eigenvalue weighted by atomic mass is 16.3. The van der Waals surface area contributed by atoms with E-state index in [4.69, 9.17) is 0 Å². The fourth-order valence-electron chi connectivity index (χ4n) is 2.09. The third-order valence-electron chi connectivity index (χ3n) is 3.36. The van der Waals surface area contributed by atoms with E-state index < -0.39 is 6.10 Å². The number of rotatable bonds is 3. The van der Waals surface area contributed by atoms with Crippen molar-refractivity contribution in [2.24, 2.45) is 7.05 Å². The Morgan fingerprint density at radius 2 is 1.84 bits per heavy atom. The first-order valence-corrected chi connectivity index (χ1v) is 6.62. The molecule has 2 rings (SSSR count). The van der Waals surface area contributed by atoms with Crippen LogP contribution >= 0.6 is 0 Å². The summed E-state index contributed by atoms with van der Waals surface area (Å²) in [5, 5.41) is 14.2. The van der Waals surface area contributed by atoms with Gasteiger partial charge in [0.05, 0.1) is 12.3 Å². The maximum Gasteiger partial charge on any atom is 0.0860 e. The summed E-state index contributed by atoms with van der Waals surface area (Å²) >= 11 is 0. The lowest BCUT2D eigenvalue weighted by atomic mass is 9.86. The van der Waals surface area contributed by atoms with Crippen LogP contribution in [0.1, 0.15) is 43.6 Å². The Morgan fingerprint density at radius 1 is 1.21 bits per heavy atom. The monoisotopic (exact) mass is 258 g/mol. The van der Waals surface area contributed by atoms with Crippen molar-refractivity contribution in [1.82, 2.24) is 9.78 Å². The maximum absolute atomic E-state index is 10.2. The number of hydrogen-bond donors (Lipinski definition) is 1. The number of hydrogen-bond acceptors (Lipinski definition) is 2. The van der Waals surface area contributed by atoms with Gasteiger partial charge in [0.25, 0.3) is 0 Å². The molecular formula is C16H22N2O. The predicted molar refractivity (Wildman–Crippen MR) is 77.0 cm³/mol. The van der Waals surface area contributed by atoms with Crippen molar-refractivity contribution in [1.29, 1.82) is 0 Å². The molecule has 1 aromatic heterocycles. The summed E-state index contributed by atoms with van der Waals surface area (Å²) in [4.78, 5) is 0. The minimum Gasteiger partial charge on any atom is -0.388 e. The van der Waals surface area contributed by atoms with Crippen LogP contribution in [0, 0.1) is 0 Å². The highest BCUT2D eigenvalue weighted by molar-refractivity contribution is 5.28. The van der Waals surface area contributed by atoms with Crippen molar-refractivity contribution in [2.75, 3.05) is 0 Å². The van der Waals surface area contributed by atoms with E-state index in [1.54, 1.807) is 10.9 Å². The normalized spacial score (nSPS) is 13.5. The molecule has 0 saturated heterocycles. The minimum atomic E-state index is -0.491. The topological polar surface area (TPSA) is 38.0 Å². The van der Waals surface area contributed by atoms with Crippen LogP contribution < -0.4 is 0 Å². The molecule has 1 unspecified atom stereocenters. The minimum absolute atomic E-state index is 0.167. The molecule has 1 aromatic carbocycles. The van der Waals surface area contributed by atoms with Crippen LogP contribution in [0.25, 0.3) is 0 Å². The molecule has 0 amide bonds. The smallest absolute Gasteiger partial charge is 0.0860 e. The van der Waals surface area contributed by atoms with Crippen molar-refractivity contribution in [3.05, 3.63) is 53.3 Å². The molecule has 1 N–H and O–H groups in total. The molecule has 19 heavy (non-hydrogen) atoms. The zero-order valence-electron chi connectivity index (χ0n) is 12.1. The first-order valence-electron chi connectivity index (χ1n) is 6.62. The van der Waals surface area contributed by atoms with Crippen molar-refractivity contribution in [2.45, 2.75) is 38.7 Å². The molecule has 0 aliphatic heterocycles. The number of aryl methyl sites for hydroxylation is 1. The van der Waals surface area contributed by atoms with Gasteiger partial charge in [-0.2, -0.15) is 5.10 Å². The van der Waals surface area contributed by atoms with Crippen LogP contribution in [0.5, 0.6) is 0 Å². The van der Waals surface area contributed by atoms with Gasteiger partial charge in [0, 0.05) is 25.2 Å². The first kappa shape index (κ1) is 13.8. The molecule has 1 atom stereocenters. The quantitative estimate of drug-likeness (QED) is 0.919. The highest BCUT2D eigenvalue weighted by Crippen LogP contribution is 2.24. The van der Waals surface area contributed by atoms with Gasteiger partial charge in [-0.1, -0.05) is 45.0 Å². The van der Waals surface area contributed by atoms with Gasteiger partial charge < -0.3 is 5.11 Å². The van der Waals surface area contributed by atoms with E-state index >= 15 is 0 Å². The lowest BCUT2D eigenvalue weighted by Gasteiger charge is -2.19. The average Bonchev–Trinajstić information content (AvgIpc) is 2.75. The molecule has 102 valence electrons. The van der Waals surface area contributed by atoms with Crippen molar-refractivity contribution in [3.63, 3.8) is 0 Å². The second-order valence-corrected chi connectivity index (χ2v) is 6.11. The molecule has 1 heterocycles. The summed E-state index contributed by atoms with van der Waals surface area (Å²) in [5.41, 5.74) is 3.49. The number of nitrogens with zero attached hydrogens (tertiary/aromatic N) is 2. The van der Waals surface area contributed by atoms with E-state index in [1.807, 2.05) is 13.2 Å². The Morgan fingerprint density at radius 3 is 2.32 bits per heavy atom. The van der Waals surface area contributed by atoms with Gasteiger partial charge in [-0.15, -0.1) is 0 Å². The van der Waals surface area contributed by atoms with Crippen molar-refractivity contribution < 1.29 is 5.11 Å². The van der Waals surface area contributed by atoms with E-state index in [0.717, 1.165) is 11.1 Å². The van der Waals surface area contributed by atoms with E-state index in [0.29, 0.717) is 6.42 Å². The zero-order chi connectivity index (χ0) is 14.0. The van der Waals surface area contributed by atoms with E-state index in [-0.39, 0.29) is 5.41 Å². The summed E-state index contributed by atoms with van der Waals surface area (Å²) < 4.78 is 1.71. The summed E-state index contributed by atoms with van der Waals surface area (Å²) in [6, 6.07) is 8.48. The van der Waals surface area contributed by atoms with E-state index in [1.165, 1.54) is 5.56 Å². The van der Waals surface area contributed by atoms with E-state index in [2.05, 4.69) is 50.1 Å². The van der Waals surface area contributed by atoms with Crippen LogP contribution in [0.2, 0.25) is 0 Å². The Hall–Kier alpha value is -1.61. The summed E-state index contributed by atoms with van der Waals surface area (Å²) in [5.74, 6) is 0. The van der Waals surface area contributed by atoms with Crippen LogP contribution in [0.3, 0.4) is 0 Å². The average molecular weight is 258 g/mol. The third kappa shape index (κ3) is 3.44. The summed E-state index contributed by atoms with van der Waals surface area (Å²) in [6.45, 7) is 6.60. The van der Waals surface area contributed by atoms with Crippen LogP contribution in [-0.2, 0) is 18.9 Å². The van der Waals surface area contributed by atoms with Gasteiger partial charge >= 0.3 is 0 Å². The first-order chi connectivity index (χ1) is 8.86. The van der Waals surface area contributed by atoms with Crippen molar-refractivity contribution >= 4 is 0 Å². The second-order valence-electron chi connectivity index (χ2n) is 6.11. The maximum atomic E-state index is 10.2. The molecule has 0 fully saturated rings. The number of aromatic nitrogens is 2. The lowest BCUT2D eigenvalue weighted by Crippen LogP contribution is -2.11. The SMILES string of the molecule is Cn1cc(C(O)Cc2ccc(C(C)(C)C)cc2)cn1. The van der Waals surface area contributed by atoms with Crippen LogP contribution in [-0.4, -0.2) is 14.9 Å². The standard InChI is InChI=1S/C16H22N2O/c1-16(2,3)14-7-5-12(6-8-14)9-15(19)13-10-17-18(4)11-13/h5-8,10-11,15,19H,9H2,1-4H3.